The zero-order chi connectivity index (χ0) is 15.5. The third-order valence-electron chi connectivity index (χ3n) is 3.24. The van der Waals surface area contributed by atoms with Gasteiger partial charge in [-0.1, -0.05) is 32.9 Å². The van der Waals surface area contributed by atoms with Crippen LogP contribution >= 0.6 is 0 Å². The summed E-state index contributed by atoms with van der Waals surface area (Å²) in [6.45, 7) is 6.37. The molecule has 0 radical (unpaired) electrons. The second kappa shape index (κ2) is 6.00. The van der Waals surface area contributed by atoms with Gasteiger partial charge in [-0.15, -0.1) is 0 Å². The first-order chi connectivity index (χ1) is 9.90. The second-order valence-corrected chi connectivity index (χ2v) is 5.90. The maximum absolute atomic E-state index is 12.1. The topological polar surface area (TPSA) is 35.5 Å². The number of rotatable bonds is 3. The van der Waals surface area contributed by atoms with Gasteiger partial charge in [0.1, 0.15) is 11.5 Å². The van der Waals surface area contributed by atoms with Crippen molar-refractivity contribution in [2.24, 2.45) is 0 Å². The van der Waals surface area contributed by atoms with Gasteiger partial charge >= 0.3 is 5.97 Å². The summed E-state index contributed by atoms with van der Waals surface area (Å²) in [5.41, 5.74) is 1.64. The Morgan fingerprint density at radius 1 is 0.952 bits per heavy atom. The molecule has 0 aliphatic heterocycles. The molecule has 21 heavy (non-hydrogen) atoms. The number of carbonyl (C=O) groups excluding carboxylic acids is 1. The molecular formula is C18H20O3. The molecule has 0 atom stereocenters. The first-order valence-corrected chi connectivity index (χ1v) is 6.87. The summed E-state index contributed by atoms with van der Waals surface area (Å²) in [6.07, 6.45) is 0. The van der Waals surface area contributed by atoms with Crippen LogP contribution in [0.15, 0.2) is 48.5 Å². The predicted molar refractivity (Wildman–Crippen MR) is 83.1 cm³/mol. The van der Waals surface area contributed by atoms with E-state index in [2.05, 4.69) is 20.8 Å². The van der Waals surface area contributed by atoms with Crippen molar-refractivity contribution in [3.8, 4) is 11.5 Å². The second-order valence-electron chi connectivity index (χ2n) is 5.90. The van der Waals surface area contributed by atoms with Gasteiger partial charge in [0.25, 0.3) is 0 Å². The van der Waals surface area contributed by atoms with E-state index in [0.717, 1.165) is 5.56 Å². The lowest BCUT2D eigenvalue weighted by Gasteiger charge is -2.19. The van der Waals surface area contributed by atoms with E-state index in [0.29, 0.717) is 17.1 Å². The summed E-state index contributed by atoms with van der Waals surface area (Å²) in [5, 5.41) is 0. The number of hydrogen-bond donors (Lipinski definition) is 0. The molecule has 0 aromatic heterocycles. The van der Waals surface area contributed by atoms with Gasteiger partial charge in [-0.3, -0.25) is 0 Å². The minimum absolute atomic E-state index is 0.0164. The molecule has 0 N–H and O–H groups in total. The maximum Gasteiger partial charge on any atom is 0.343 e. The molecule has 110 valence electrons. The third kappa shape index (κ3) is 3.85. The fourth-order valence-corrected chi connectivity index (χ4v) is 1.92. The number of hydrogen-bond acceptors (Lipinski definition) is 3. The Bertz CT molecular complexity index is 622. The molecule has 2 aromatic rings. The van der Waals surface area contributed by atoms with Crippen molar-refractivity contribution in [3.63, 3.8) is 0 Å². The van der Waals surface area contributed by atoms with Crippen molar-refractivity contribution in [1.82, 2.24) is 0 Å². The molecule has 0 saturated heterocycles. The summed E-state index contributed by atoms with van der Waals surface area (Å²) in [6, 6.07) is 14.5. The standard InChI is InChI=1S/C18H20O3/c1-18(2,3)14-6-5-7-16(12-14)21-17(19)13-8-10-15(20-4)11-9-13/h5-12H,1-4H3. The van der Waals surface area contributed by atoms with E-state index in [1.165, 1.54) is 0 Å². The molecule has 2 aromatic carbocycles. The Kier molecular flexibility index (Phi) is 4.32. The van der Waals surface area contributed by atoms with Crippen molar-refractivity contribution in [3.05, 3.63) is 59.7 Å². The van der Waals surface area contributed by atoms with Crippen LogP contribution in [0, 0.1) is 0 Å². The van der Waals surface area contributed by atoms with E-state index in [1.807, 2.05) is 18.2 Å². The number of methoxy groups -OCH3 is 1. The van der Waals surface area contributed by atoms with Crippen LogP contribution in [0.25, 0.3) is 0 Å². The molecule has 2 rings (SSSR count). The average Bonchev–Trinajstić information content (AvgIpc) is 2.47. The molecule has 0 unspecified atom stereocenters. The fraction of sp³-hybridized carbons (Fsp3) is 0.278. The summed E-state index contributed by atoms with van der Waals surface area (Å²) >= 11 is 0. The number of esters is 1. The van der Waals surface area contributed by atoms with Crippen LogP contribution in [0.4, 0.5) is 0 Å². The van der Waals surface area contributed by atoms with Crippen LogP contribution in [0.5, 0.6) is 11.5 Å². The highest BCUT2D eigenvalue weighted by atomic mass is 16.5. The van der Waals surface area contributed by atoms with E-state index in [-0.39, 0.29) is 11.4 Å². The Morgan fingerprint density at radius 3 is 2.19 bits per heavy atom. The van der Waals surface area contributed by atoms with Crippen molar-refractivity contribution in [2.45, 2.75) is 26.2 Å². The lowest BCUT2D eigenvalue weighted by Crippen LogP contribution is -2.12. The van der Waals surface area contributed by atoms with Gasteiger partial charge in [0.15, 0.2) is 0 Å². The van der Waals surface area contributed by atoms with Crippen LogP contribution in [-0.2, 0) is 5.41 Å². The third-order valence-corrected chi connectivity index (χ3v) is 3.24. The predicted octanol–water partition coefficient (Wildman–Crippen LogP) is 4.21. The molecule has 3 heteroatoms. The summed E-state index contributed by atoms with van der Waals surface area (Å²) in [5.74, 6) is 0.897. The molecule has 0 amide bonds. The summed E-state index contributed by atoms with van der Waals surface area (Å²) in [7, 11) is 1.59. The van der Waals surface area contributed by atoms with E-state index in [4.69, 9.17) is 9.47 Å². The monoisotopic (exact) mass is 284 g/mol. The average molecular weight is 284 g/mol. The Balaban J connectivity index is 2.15. The number of benzene rings is 2. The van der Waals surface area contributed by atoms with Crippen molar-refractivity contribution >= 4 is 5.97 Å². The van der Waals surface area contributed by atoms with E-state index < -0.39 is 0 Å². The van der Waals surface area contributed by atoms with E-state index in [9.17, 15) is 4.79 Å². The highest BCUT2D eigenvalue weighted by Crippen LogP contribution is 2.26. The van der Waals surface area contributed by atoms with Crippen LogP contribution < -0.4 is 9.47 Å². The molecule has 0 spiro atoms. The Hall–Kier alpha value is -2.29. The van der Waals surface area contributed by atoms with Crippen molar-refractivity contribution < 1.29 is 14.3 Å². The van der Waals surface area contributed by atoms with E-state index in [1.54, 1.807) is 37.4 Å². The number of ether oxygens (including phenoxy) is 2. The molecule has 0 heterocycles. The SMILES string of the molecule is COc1ccc(C(=O)Oc2cccc(C(C)(C)C)c2)cc1. The van der Waals surface area contributed by atoms with Gasteiger partial charge in [-0.05, 0) is 47.4 Å². The van der Waals surface area contributed by atoms with Crippen LogP contribution in [0.1, 0.15) is 36.7 Å². The normalized spacial score (nSPS) is 11.0. The van der Waals surface area contributed by atoms with Gasteiger partial charge in [0.05, 0.1) is 12.7 Å². The van der Waals surface area contributed by atoms with Gasteiger partial charge in [-0.2, -0.15) is 0 Å². The minimum atomic E-state index is -0.372. The van der Waals surface area contributed by atoms with Crippen LogP contribution in [0.2, 0.25) is 0 Å². The maximum atomic E-state index is 12.1. The van der Waals surface area contributed by atoms with Crippen LogP contribution in [0.3, 0.4) is 0 Å². The molecule has 0 aliphatic rings. The Morgan fingerprint density at radius 2 is 1.62 bits per heavy atom. The number of carbonyl (C=O) groups is 1. The van der Waals surface area contributed by atoms with Gasteiger partial charge < -0.3 is 9.47 Å². The zero-order valence-electron chi connectivity index (χ0n) is 12.8. The van der Waals surface area contributed by atoms with E-state index >= 15 is 0 Å². The fourth-order valence-electron chi connectivity index (χ4n) is 1.92. The van der Waals surface area contributed by atoms with Crippen LogP contribution in [-0.4, -0.2) is 13.1 Å². The molecular weight excluding hydrogens is 264 g/mol. The first kappa shape index (κ1) is 15.1. The smallest absolute Gasteiger partial charge is 0.343 e. The van der Waals surface area contributed by atoms with Gasteiger partial charge in [0.2, 0.25) is 0 Å². The largest absolute Gasteiger partial charge is 0.497 e. The first-order valence-electron chi connectivity index (χ1n) is 6.87. The molecule has 0 aliphatic carbocycles. The van der Waals surface area contributed by atoms with Crippen molar-refractivity contribution in [2.75, 3.05) is 7.11 Å². The quantitative estimate of drug-likeness (QED) is 0.625. The highest BCUT2D eigenvalue weighted by Gasteiger charge is 2.15. The highest BCUT2D eigenvalue weighted by molar-refractivity contribution is 5.91. The van der Waals surface area contributed by atoms with Gasteiger partial charge in [-0.25, -0.2) is 4.79 Å². The molecule has 3 nitrogen and oxygen atoms in total. The zero-order valence-corrected chi connectivity index (χ0v) is 12.8. The van der Waals surface area contributed by atoms with Gasteiger partial charge in [0, 0.05) is 0 Å². The minimum Gasteiger partial charge on any atom is -0.497 e. The lowest BCUT2D eigenvalue weighted by molar-refractivity contribution is 0.0734. The van der Waals surface area contributed by atoms with Crippen molar-refractivity contribution in [1.29, 1.82) is 0 Å². The summed E-state index contributed by atoms with van der Waals surface area (Å²) < 4.78 is 10.5. The Labute approximate surface area is 125 Å². The molecule has 0 fully saturated rings. The molecule has 0 bridgehead atoms. The lowest BCUT2D eigenvalue weighted by atomic mass is 9.87. The molecule has 0 saturated carbocycles. The summed E-state index contributed by atoms with van der Waals surface area (Å²) in [4.78, 5) is 12.1.